The van der Waals surface area contributed by atoms with Crippen LogP contribution in [0.15, 0.2) is 39.9 Å². The Bertz CT molecular complexity index is 982. The van der Waals surface area contributed by atoms with Crippen molar-refractivity contribution in [2.75, 3.05) is 62.8 Å². The number of aryl methyl sites for hydroxylation is 1. The zero-order valence-corrected chi connectivity index (χ0v) is 18.9. The van der Waals surface area contributed by atoms with Crippen LogP contribution in [0.4, 0.5) is 11.4 Å². The molecule has 0 atom stereocenters. The molecule has 3 heterocycles. The van der Waals surface area contributed by atoms with Crippen LogP contribution in [0.25, 0.3) is 0 Å². The van der Waals surface area contributed by atoms with Crippen molar-refractivity contribution in [3.8, 4) is 0 Å². The van der Waals surface area contributed by atoms with E-state index in [9.17, 15) is 13.2 Å². The van der Waals surface area contributed by atoms with Crippen molar-refractivity contribution in [1.29, 1.82) is 0 Å². The van der Waals surface area contributed by atoms with Crippen LogP contribution in [-0.2, 0) is 30.7 Å². The molecular formula is C21H27N3O5S2. The molecule has 0 saturated carbocycles. The molecule has 0 spiro atoms. The van der Waals surface area contributed by atoms with E-state index in [-0.39, 0.29) is 10.8 Å². The van der Waals surface area contributed by atoms with Crippen molar-refractivity contribution in [2.45, 2.75) is 17.7 Å². The number of hydrogen-bond donors (Lipinski definition) is 1. The summed E-state index contributed by atoms with van der Waals surface area (Å²) in [7, 11) is -3.66. The number of nitrogens with zero attached hydrogens (tertiary/aromatic N) is 2. The first-order valence-corrected chi connectivity index (χ1v) is 12.8. The number of amides is 1. The van der Waals surface area contributed by atoms with Gasteiger partial charge in [-0.25, -0.2) is 8.42 Å². The van der Waals surface area contributed by atoms with E-state index < -0.39 is 10.0 Å². The number of thiophene rings is 1. The first-order chi connectivity index (χ1) is 15.0. The molecular weight excluding hydrogens is 438 g/mol. The van der Waals surface area contributed by atoms with Gasteiger partial charge in [-0.1, -0.05) is 0 Å². The second kappa shape index (κ2) is 10.1. The highest BCUT2D eigenvalue weighted by Crippen LogP contribution is 2.31. The molecule has 2 aliphatic heterocycles. The van der Waals surface area contributed by atoms with E-state index in [1.54, 1.807) is 29.5 Å². The average molecular weight is 466 g/mol. The Kier molecular flexibility index (Phi) is 7.24. The first kappa shape index (κ1) is 22.2. The Hall–Kier alpha value is -1.98. The fraction of sp³-hybridized carbons (Fsp3) is 0.476. The van der Waals surface area contributed by atoms with Crippen LogP contribution in [-0.4, -0.2) is 71.2 Å². The summed E-state index contributed by atoms with van der Waals surface area (Å²) in [5.41, 5.74) is 2.46. The molecule has 0 radical (unpaired) electrons. The van der Waals surface area contributed by atoms with Gasteiger partial charge in [0.1, 0.15) is 0 Å². The summed E-state index contributed by atoms with van der Waals surface area (Å²) in [6.07, 6.45) is 0.980. The lowest BCUT2D eigenvalue weighted by atomic mass is 10.1. The molecule has 1 N–H and O–H groups in total. The Balaban J connectivity index is 1.57. The Morgan fingerprint density at radius 1 is 1.03 bits per heavy atom. The Labute approximate surface area is 186 Å². The van der Waals surface area contributed by atoms with Crippen LogP contribution < -0.4 is 10.2 Å². The standard InChI is InChI=1S/C21H27N3O5S2/c25-21(4-1-17-5-14-30-16-17)22-19-15-18(31(26,27)24-8-12-29-13-9-24)2-3-20(19)23-6-10-28-11-7-23/h2-3,5,14-16H,1,4,6-13H2,(H,22,25). The molecule has 31 heavy (non-hydrogen) atoms. The lowest BCUT2D eigenvalue weighted by molar-refractivity contribution is -0.116. The molecule has 10 heteroatoms. The van der Waals surface area contributed by atoms with Crippen molar-refractivity contribution in [3.05, 3.63) is 40.6 Å². The highest BCUT2D eigenvalue weighted by atomic mass is 32.2. The molecule has 1 aromatic heterocycles. The lowest BCUT2D eigenvalue weighted by Crippen LogP contribution is -2.40. The summed E-state index contributed by atoms with van der Waals surface area (Å²) in [4.78, 5) is 15.0. The second-order valence-electron chi connectivity index (χ2n) is 7.47. The van der Waals surface area contributed by atoms with Crippen LogP contribution in [0, 0.1) is 0 Å². The number of carbonyl (C=O) groups excluding carboxylic acids is 1. The molecule has 0 bridgehead atoms. The van der Waals surface area contributed by atoms with Crippen LogP contribution in [0.2, 0.25) is 0 Å². The van der Waals surface area contributed by atoms with Gasteiger partial charge in [0.05, 0.1) is 42.7 Å². The van der Waals surface area contributed by atoms with Crippen LogP contribution >= 0.6 is 11.3 Å². The third kappa shape index (κ3) is 5.45. The predicted octanol–water partition coefficient (Wildman–Crippen LogP) is 2.18. The number of carbonyl (C=O) groups is 1. The van der Waals surface area contributed by atoms with E-state index in [4.69, 9.17) is 9.47 Å². The number of hydrogen-bond acceptors (Lipinski definition) is 7. The molecule has 8 nitrogen and oxygen atoms in total. The van der Waals surface area contributed by atoms with Gasteiger partial charge in [-0.2, -0.15) is 15.6 Å². The van der Waals surface area contributed by atoms with E-state index in [0.717, 1.165) is 11.3 Å². The topological polar surface area (TPSA) is 88.2 Å². The summed E-state index contributed by atoms with van der Waals surface area (Å²) in [6.45, 7) is 4.00. The SMILES string of the molecule is O=C(CCc1ccsc1)Nc1cc(S(=O)(=O)N2CCOCC2)ccc1N1CCOCC1. The molecule has 2 fully saturated rings. The number of sulfonamides is 1. The van der Waals surface area contributed by atoms with Crippen LogP contribution in [0.3, 0.4) is 0 Å². The molecule has 1 amide bonds. The fourth-order valence-electron chi connectivity index (χ4n) is 3.70. The zero-order chi connectivity index (χ0) is 21.7. The van der Waals surface area contributed by atoms with Gasteiger partial charge in [0.25, 0.3) is 0 Å². The fourth-order valence-corrected chi connectivity index (χ4v) is 5.84. The molecule has 0 aliphatic carbocycles. The summed E-state index contributed by atoms with van der Waals surface area (Å²) in [5.74, 6) is -0.137. The molecule has 2 aliphatic rings. The first-order valence-electron chi connectivity index (χ1n) is 10.4. The Morgan fingerprint density at radius 3 is 2.42 bits per heavy atom. The zero-order valence-electron chi connectivity index (χ0n) is 17.3. The summed E-state index contributed by atoms with van der Waals surface area (Å²) in [6, 6.07) is 6.99. The maximum Gasteiger partial charge on any atom is 0.243 e. The minimum Gasteiger partial charge on any atom is -0.379 e. The summed E-state index contributed by atoms with van der Waals surface area (Å²) >= 11 is 1.60. The molecule has 1 aromatic carbocycles. The molecule has 2 saturated heterocycles. The molecule has 4 rings (SSSR count). The monoisotopic (exact) mass is 465 g/mol. The van der Waals surface area contributed by atoms with Gasteiger partial charge in [0, 0.05) is 32.6 Å². The minimum atomic E-state index is -3.66. The average Bonchev–Trinajstić information content (AvgIpc) is 3.33. The van der Waals surface area contributed by atoms with Gasteiger partial charge < -0.3 is 19.7 Å². The number of benzene rings is 1. The highest BCUT2D eigenvalue weighted by Gasteiger charge is 2.28. The maximum absolute atomic E-state index is 13.1. The second-order valence-corrected chi connectivity index (χ2v) is 10.2. The van der Waals surface area contributed by atoms with E-state index in [1.165, 1.54) is 4.31 Å². The molecule has 2 aromatic rings. The van der Waals surface area contributed by atoms with Gasteiger partial charge in [0.15, 0.2) is 0 Å². The number of morpholine rings is 2. The van der Waals surface area contributed by atoms with E-state index >= 15 is 0 Å². The largest absolute Gasteiger partial charge is 0.379 e. The predicted molar refractivity (Wildman–Crippen MR) is 120 cm³/mol. The van der Waals surface area contributed by atoms with Gasteiger partial charge in [-0.15, -0.1) is 0 Å². The summed E-state index contributed by atoms with van der Waals surface area (Å²) in [5, 5.41) is 6.98. The van der Waals surface area contributed by atoms with E-state index in [1.807, 2.05) is 16.8 Å². The number of anilines is 2. The Morgan fingerprint density at radius 2 is 1.74 bits per heavy atom. The van der Waals surface area contributed by atoms with Gasteiger partial charge >= 0.3 is 0 Å². The van der Waals surface area contributed by atoms with Crippen LogP contribution in [0.5, 0.6) is 0 Å². The van der Waals surface area contributed by atoms with Crippen molar-refractivity contribution < 1.29 is 22.7 Å². The highest BCUT2D eigenvalue weighted by molar-refractivity contribution is 7.89. The molecule has 0 unspecified atom stereocenters. The maximum atomic E-state index is 13.1. The summed E-state index contributed by atoms with van der Waals surface area (Å²) < 4.78 is 38.4. The quantitative estimate of drug-likeness (QED) is 0.674. The van der Waals surface area contributed by atoms with Crippen molar-refractivity contribution in [2.24, 2.45) is 0 Å². The van der Waals surface area contributed by atoms with Crippen molar-refractivity contribution in [3.63, 3.8) is 0 Å². The van der Waals surface area contributed by atoms with Crippen molar-refractivity contribution >= 4 is 38.6 Å². The third-order valence-electron chi connectivity index (χ3n) is 5.42. The molecule has 168 valence electrons. The van der Waals surface area contributed by atoms with Gasteiger partial charge in [-0.05, 0) is 47.0 Å². The van der Waals surface area contributed by atoms with E-state index in [2.05, 4.69) is 10.2 Å². The van der Waals surface area contributed by atoms with Gasteiger partial charge in [0.2, 0.25) is 15.9 Å². The van der Waals surface area contributed by atoms with Gasteiger partial charge in [-0.3, -0.25) is 4.79 Å². The third-order valence-corrected chi connectivity index (χ3v) is 8.05. The minimum absolute atomic E-state index is 0.137. The van der Waals surface area contributed by atoms with E-state index in [0.29, 0.717) is 71.1 Å². The van der Waals surface area contributed by atoms with Crippen LogP contribution in [0.1, 0.15) is 12.0 Å². The normalized spacial score (nSPS) is 18.1. The number of rotatable bonds is 7. The lowest BCUT2D eigenvalue weighted by Gasteiger charge is -2.31. The van der Waals surface area contributed by atoms with Crippen molar-refractivity contribution in [1.82, 2.24) is 4.31 Å². The smallest absolute Gasteiger partial charge is 0.243 e. The number of nitrogens with one attached hydrogen (secondary N) is 1. The number of ether oxygens (including phenoxy) is 2.